The van der Waals surface area contributed by atoms with Gasteiger partial charge in [-0.1, -0.05) is 48.3 Å². The number of fused-ring (bicyclic) bond motifs is 1. The van der Waals surface area contributed by atoms with E-state index in [1.165, 1.54) is 7.11 Å². The lowest BCUT2D eigenvalue weighted by atomic mass is 9.95. The van der Waals surface area contributed by atoms with Gasteiger partial charge < -0.3 is 19.9 Å². The second kappa shape index (κ2) is 8.77. The van der Waals surface area contributed by atoms with Crippen LogP contribution in [0.3, 0.4) is 0 Å². The van der Waals surface area contributed by atoms with Crippen LogP contribution in [0.2, 0.25) is 0 Å². The van der Waals surface area contributed by atoms with Crippen molar-refractivity contribution in [1.82, 2.24) is 20.2 Å². The van der Waals surface area contributed by atoms with Gasteiger partial charge in [0.15, 0.2) is 0 Å². The first-order valence-corrected chi connectivity index (χ1v) is 10.2. The largest absolute Gasteiger partial charge is 0.467 e. The van der Waals surface area contributed by atoms with Crippen LogP contribution < -0.4 is 5.32 Å². The van der Waals surface area contributed by atoms with Gasteiger partial charge in [-0.15, -0.1) is 0 Å². The van der Waals surface area contributed by atoms with E-state index in [1.807, 2.05) is 38.1 Å². The predicted molar refractivity (Wildman–Crippen MR) is 109 cm³/mol. The lowest BCUT2D eigenvalue weighted by molar-refractivity contribution is -0.144. The van der Waals surface area contributed by atoms with E-state index in [0.29, 0.717) is 13.0 Å². The molecule has 1 aromatic carbocycles. The number of hydrogen-bond acceptors (Lipinski definition) is 4. The minimum absolute atomic E-state index is 0.0340. The third-order valence-electron chi connectivity index (χ3n) is 5.32. The third-order valence-corrected chi connectivity index (χ3v) is 5.85. The van der Waals surface area contributed by atoms with E-state index in [1.54, 1.807) is 11.2 Å². The van der Waals surface area contributed by atoms with Gasteiger partial charge >= 0.3 is 12.0 Å². The van der Waals surface area contributed by atoms with Crippen molar-refractivity contribution in [2.24, 2.45) is 5.92 Å². The Bertz CT molecular complexity index is 836. The van der Waals surface area contributed by atoms with E-state index in [4.69, 9.17) is 4.74 Å². The van der Waals surface area contributed by atoms with Gasteiger partial charge in [0.05, 0.1) is 19.1 Å². The topological polar surface area (TPSA) is 87.3 Å². The summed E-state index contributed by atoms with van der Waals surface area (Å²) in [6, 6.07) is 6.55. The predicted octanol–water partition coefficient (Wildman–Crippen LogP) is 3.42. The van der Waals surface area contributed by atoms with Crippen molar-refractivity contribution in [3.8, 4) is 0 Å². The van der Waals surface area contributed by atoms with Crippen LogP contribution in [-0.4, -0.2) is 46.6 Å². The molecule has 3 rings (SSSR count). The smallest absolute Gasteiger partial charge is 0.328 e. The molecular formula is C20H25BrN4O3. The molecule has 0 aliphatic carbocycles. The van der Waals surface area contributed by atoms with Crippen molar-refractivity contribution in [3.05, 3.63) is 52.0 Å². The number of methoxy groups -OCH3 is 1. The maximum Gasteiger partial charge on any atom is 0.328 e. The molecule has 0 fully saturated rings. The van der Waals surface area contributed by atoms with Crippen LogP contribution in [0.4, 0.5) is 4.79 Å². The SMILES string of the molecule is CC[C@H](C)[C@@H](NC(=O)N1CCc2[nH]cnc2[C@H]1c1ccc(Br)cc1)C(=O)OC. The van der Waals surface area contributed by atoms with Crippen molar-refractivity contribution in [3.63, 3.8) is 0 Å². The van der Waals surface area contributed by atoms with E-state index in [9.17, 15) is 9.59 Å². The van der Waals surface area contributed by atoms with E-state index >= 15 is 0 Å². The summed E-state index contributed by atoms with van der Waals surface area (Å²) in [6.45, 7) is 4.43. The van der Waals surface area contributed by atoms with E-state index in [0.717, 1.165) is 27.8 Å². The van der Waals surface area contributed by atoms with Crippen LogP contribution >= 0.6 is 15.9 Å². The summed E-state index contributed by atoms with van der Waals surface area (Å²) in [6.07, 6.45) is 3.09. The quantitative estimate of drug-likeness (QED) is 0.685. The number of benzene rings is 1. The van der Waals surface area contributed by atoms with Crippen LogP contribution in [0.25, 0.3) is 0 Å². The normalized spacial score (nSPS) is 18.1. The fourth-order valence-electron chi connectivity index (χ4n) is 3.49. The van der Waals surface area contributed by atoms with Crippen LogP contribution in [-0.2, 0) is 16.0 Å². The van der Waals surface area contributed by atoms with Crippen LogP contribution in [0.1, 0.15) is 43.3 Å². The first-order valence-electron chi connectivity index (χ1n) is 9.38. The van der Waals surface area contributed by atoms with E-state index < -0.39 is 12.0 Å². The molecule has 2 N–H and O–H groups in total. The highest BCUT2D eigenvalue weighted by molar-refractivity contribution is 9.10. The first kappa shape index (κ1) is 20.4. The number of rotatable bonds is 5. The lowest BCUT2D eigenvalue weighted by Gasteiger charge is -2.36. The number of halogens is 1. The number of hydrogen-bond donors (Lipinski definition) is 2. The molecule has 0 spiro atoms. The molecule has 1 aromatic heterocycles. The molecule has 2 amide bonds. The second-order valence-electron chi connectivity index (χ2n) is 7.00. The van der Waals surface area contributed by atoms with E-state index in [2.05, 4.69) is 31.2 Å². The molecule has 150 valence electrons. The molecule has 2 heterocycles. The summed E-state index contributed by atoms with van der Waals surface area (Å²) in [4.78, 5) is 34.8. The van der Waals surface area contributed by atoms with Gasteiger partial charge in [-0.2, -0.15) is 0 Å². The molecule has 0 saturated carbocycles. The number of urea groups is 1. The Morgan fingerprint density at radius 3 is 2.75 bits per heavy atom. The molecule has 1 aliphatic heterocycles. The number of carbonyl (C=O) groups excluding carboxylic acids is 2. The van der Waals surface area contributed by atoms with Crippen molar-refractivity contribution >= 4 is 27.9 Å². The number of H-pyrrole nitrogens is 1. The fourth-order valence-corrected chi connectivity index (χ4v) is 3.75. The molecule has 0 saturated heterocycles. The molecular weight excluding hydrogens is 424 g/mol. The Hall–Kier alpha value is -2.35. The number of amides is 2. The minimum Gasteiger partial charge on any atom is -0.467 e. The van der Waals surface area contributed by atoms with Gasteiger partial charge in [0, 0.05) is 23.1 Å². The van der Waals surface area contributed by atoms with Crippen LogP contribution in [0.15, 0.2) is 35.1 Å². The molecule has 0 radical (unpaired) electrons. The highest BCUT2D eigenvalue weighted by atomic mass is 79.9. The van der Waals surface area contributed by atoms with Gasteiger partial charge in [-0.3, -0.25) is 0 Å². The number of nitrogens with zero attached hydrogens (tertiary/aromatic N) is 2. The van der Waals surface area contributed by atoms with Crippen molar-refractivity contribution < 1.29 is 14.3 Å². The van der Waals surface area contributed by atoms with Crippen molar-refractivity contribution in [1.29, 1.82) is 0 Å². The Morgan fingerprint density at radius 2 is 2.11 bits per heavy atom. The molecule has 7 nitrogen and oxygen atoms in total. The van der Waals surface area contributed by atoms with Gasteiger partial charge in [0.25, 0.3) is 0 Å². The molecule has 28 heavy (non-hydrogen) atoms. The molecule has 8 heteroatoms. The summed E-state index contributed by atoms with van der Waals surface area (Å²) in [5.74, 6) is -0.464. The van der Waals surface area contributed by atoms with Gasteiger partial charge in [-0.05, 0) is 23.6 Å². The second-order valence-corrected chi connectivity index (χ2v) is 7.92. The number of ether oxygens (including phenoxy) is 1. The average molecular weight is 449 g/mol. The number of imidazole rings is 1. The molecule has 3 atom stereocenters. The number of esters is 1. The molecule has 0 bridgehead atoms. The molecule has 1 aliphatic rings. The Balaban J connectivity index is 1.91. The highest BCUT2D eigenvalue weighted by Gasteiger charge is 2.36. The van der Waals surface area contributed by atoms with Crippen LogP contribution in [0.5, 0.6) is 0 Å². The van der Waals surface area contributed by atoms with Crippen molar-refractivity contribution in [2.75, 3.05) is 13.7 Å². The van der Waals surface area contributed by atoms with Gasteiger partial charge in [-0.25, -0.2) is 14.6 Å². The molecule has 2 aromatic rings. The first-order chi connectivity index (χ1) is 13.5. The average Bonchev–Trinajstić information content (AvgIpc) is 3.19. The Kier molecular flexibility index (Phi) is 6.39. The Morgan fingerprint density at radius 1 is 1.39 bits per heavy atom. The monoisotopic (exact) mass is 448 g/mol. The zero-order valence-electron chi connectivity index (χ0n) is 16.2. The molecule has 0 unspecified atom stereocenters. The van der Waals surface area contributed by atoms with Crippen LogP contribution in [0, 0.1) is 5.92 Å². The van der Waals surface area contributed by atoms with Gasteiger partial charge in [0.2, 0.25) is 0 Å². The highest BCUT2D eigenvalue weighted by Crippen LogP contribution is 2.34. The number of nitrogens with one attached hydrogen (secondary N) is 2. The summed E-state index contributed by atoms with van der Waals surface area (Å²) < 4.78 is 5.86. The summed E-state index contributed by atoms with van der Waals surface area (Å²) in [5, 5.41) is 2.89. The summed E-state index contributed by atoms with van der Waals surface area (Å²) >= 11 is 3.45. The maximum atomic E-state index is 13.2. The third kappa shape index (κ3) is 4.06. The fraction of sp³-hybridized carbons (Fsp3) is 0.450. The summed E-state index contributed by atoms with van der Waals surface area (Å²) in [5.41, 5.74) is 2.83. The number of aromatic amines is 1. The maximum absolute atomic E-state index is 13.2. The number of carbonyl (C=O) groups is 2. The minimum atomic E-state index is -0.686. The lowest BCUT2D eigenvalue weighted by Crippen LogP contribution is -2.53. The zero-order chi connectivity index (χ0) is 20.3. The summed E-state index contributed by atoms with van der Waals surface area (Å²) in [7, 11) is 1.34. The zero-order valence-corrected chi connectivity index (χ0v) is 17.8. The standard InChI is InChI=1S/C20H25BrN4O3/c1-4-12(2)16(19(26)28-3)24-20(27)25-10-9-15-17(23-11-22-15)18(25)13-5-7-14(21)8-6-13/h5-8,11-12,16,18H,4,9-10H2,1-3H3,(H,22,23)(H,24,27)/t12-,16+,18+/m0/s1. The number of aromatic nitrogens is 2. The van der Waals surface area contributed by atoms with Crippen molar-refractivity contribution in [2.45, 2.75) is 38.8 Å². The van der Waals surface area contributed by atoms with Gasteiger partial charge in [0.1, 0.15) is 12.1 Å². The Labute approximate surface area is 173 Å². The van der Waals surface area contributed by atoms with E-state index in [-0.39, 0.29) is 18.0 Å².